The van der Waals surface area contributed by atoms with Crippen LogP contribution in [0.25, 0.3) is 10.9 Å². The number of hydrogen-bond acceptors (Lipinski definition) is 6. The van der Waals surface area contributed by atoms with Gasteiger partial charge < -0.3 is 25.0 Å². The number of ketones is 1. The van der Waals surface area contributed by atoms with E-state index in [1.807, 2.05) is 23.0 Å². The number of nitrogens with zero attached hydrogens (tertiary/aromatic N) is 2. The van der Waals surface area contributed by atoms with Crippen LogP contribution in [0, 0.1) is 0 Å². The van der Waals surface area contributed by atoms with E-state index in [9.17, 15) is 15.0 Å². The summed E-state index contributed by atoms with van der Waals surface area (Å²) >= 11 is 1.51. The van der Waals surface area contributed by atoms with Crippen LogP contribution in [0.1, 0.15) is 47.5 Å². The Hall–Kier alpha value is -2.45. The van der Waals surface area contributed by atoms with E-state index in [0.717, 1.165) is 25.9 Å². The number of H-pyrrole nitrogens is 1. The van der Waals surface area contributed by atoms with Gasteiger partial charge in [0, 0.05) is 60.0 Å². The van der Waals surface area contributed by atoms with Crippen LogP contribution >= 0.6 is 11.3 Å². The van der Waals surface area contributed by atoms with Crippen molar-refractivity contribution in [2.45, 2.75) is 43.3 Å². The normalized spacial score (nSPS) is 20.8. The molecule has 5 rings (SSSR count). The number of nitrogens with one attached hydrogen (secondary N) is 1. The number of β-amino-alcohol motifs (C(OH)–C–C–N with tert-alkyl or cyclic N) is 1. The Morgan fingerprint density at radius 2 is 1.94 bits per heavy atom. The molecule has 0 radical (unpaired) electrons. The molecule has 1 atom stereocenters. The first-order valence-electron chi connectivity index (χ1n) is 12.2. The van der Waals surface area contributed by atoms with Gasteiger partial charge in [-0.25, -0.2) is 0 Å². The number of para-hydroxylation sites is 1. The van der Waals surface area contributed by atoms with Crippen molar-refractivity contribution < 1.29 is 15.0 Å². The molecule has 2 aliphatic rings. The Morgan fingerprint density at radius 3 is 2.68 bits per heavy atom. The van der Waals surface area contributed by atoms with Crippen molar-refractivity contribution in [2.75, 3.05) is 32.7 Å². The van der Waals surface area contributed by atoms with Crippen molar-refractivity contribution >= 4 is 28.0 Å². The van der Waals surface area contributed by atoms with Gasteiger partial charge >= 0.3 is 0 Å². The van der Waals surface area contributed by atoms with Gasteiger partial charge in [-0.15, -0.1) is 0 Å². The lowest BCUT2D eigenvalue weighted by molar-refractivity contribution is -0.114. The maximum absolute atomic E-state index is 12.2. The number of likely N-dealkylation sites (tertiary alicyclic amines) is 2. The molecule has 2 aromatic heterocycles. The highest BCUT2D eigenvalue weighted by atomic mass is 32.1. The molecule has 1 unspecified atom stereocenters. The zero-order valence-electron chi connectivity index (χ0n) is 19.4. The lowest BCUT2D eigenvalue weighted by Crippen LogP contribution is -2.54. The van der Waals surface area contributed by atoms with E-state index in [-0.39, 0.29) is 5.78 Å². The second-order valence-corrected chi connectivity index (χ2v) is 10.5. The molecule has 3 N–H and O–H groups in total. The number of allylic oxidation sites excluding steroid dienone is 1. The number of carbonyl (C=O) groups excluding carboxylic acids is 1. The fourth-order valence-electron chi connectivity index (χ4n) is 5.34. The predicted molar refractivity (Wildman–Crippen MR) is 136 cm³/mol. The summed E-state index contributed by atoms with van der Waals surface area (Å²) in [5, 5.41) is 27.1. The molecule has 6 nitrogen and oxygen atoms in total. The van der Waals surface area contributed by atoms with Gasteiger partial charge in [0.15, 0.2) is 5.78 Å². The SMILES string of the molecule is O=C(C=CN1CCC(O)(C(O)CN2CCC(c3c[nH]c4ccccc34)CC2)CC1)c1ccsc1. The van der Waals surface area contributed by atoms with Gasteiger partial charge in [0.05, 0.1) is 11.7 Å². The first-order valence-corrected chi connectivity index (χ1v) is 13.1. The van der Waals surface area contributed by atoms with Gasteiger partial charge in [-0.1, -0.05) is 18.2 Å². The summed E-state index contributed by atoms with van der Waals surface area (Å²) in [6, 6.07) is 10.3. The number of aromatic nitrogens is 1. The number of rotatable bonds is 7. The molecule has 0 bridgehead atoms. The third kappa shape index (κ3) is 4.98. The zero-order chi connectivity index (χ0) is 23.5. The molecule has 0 aliphatic carbocycles. The Morgan fingerprint density at radius 1 is 1.18 bits per heavy atom. The lowest BCUT2D eigenvalue weighted by atomic mass is 9.84. The van der Waals surface area contributed by atoms with E-state index in [4.69, 9.17) is 0 Å². The highest BCUT2D eigenvalue weighted by Crippen LogP contribution is 2.34. The Bertz CT molecular complexity index is 1120. The van der Waals surface area contributed by atoms with Crippen molar-refractivity contribution in [3.8, 4) is 0 Å². The highest BCUT2D eigenvalue weighted by Gasteiger charge is 2.39. The summed E-state index contributed by atoms with van der Waals surface area (Å²) in [4.78, 5) is 19.9. The molecule has 4 heterocycles. The molecule has 1 aromatic carbocycles. The van der Waals surface area contributed by atoms with Crippen LogP contribution in [0.4, 0.5) is 0 Å². The molecule has 3 aromatic rings. The molecule has 0 amide bonds. The van der Waals surface area contributed by atoms with Gasteiger partial charge in [-0.05, 0) is 67.8 Å². The van der Waals surface area contributed by atoms with E-state index < -0.39 is 11.7 Å². The standard InChI is InChI=1S/C27H33N3O3S/c31-25(21-8-16-34-19-21)7-13-29-14-9-27(33,10-15-29)26(32)18-30-11-5-20(6-12-30)23-17-28-24-4-2-1-3-22(23)24/h1-4,7-8,13,16-17,19-20,26,28,32-33H,5-6,9-12,14-15,18H2. The molecule has 0 spiro atoms. The monoisotopic (exact) mass is 479 g/mol. The smallest absolute Gasteiger partial charge is 0.188 e. The van der Waals surface area contributed by atoms with Gasteiger partial charge in [0.2, 0.25) is 0 Å². The predicted octanol–water partition coefficient (Wildman–Crippen LogP) is 3.99. The van der Waals surface area contributed by atoms with Crippen molar-refractivity contribution in [2.24, 2.45) is 0 Å². The maximum Gasteiger partial charge on any atom is 0.188 e. The van der Waals surface area contributed by atoms with E-state index in [1.54, 1.807) is 6.08 Å². The minimum absolute atomic E-state index is 0.00170. The fraction of sp³-hybridized carbons (Fsp3) is 0.444. The van der Waals surface area contributed by atoms with Crippen molar-refractivity contribution in [1.82, 2.24) is 14.8 Å². The highest BCUT2D eigenvalue weighted by molar-refractivity contribution is 7.08. The first-order chi connectivity index (χ1) is 16.5. The molecule has 2 fully saturated rings. The molecule has 2 aliphatic heterocycles. The van der Waals surface area contributed by atoms with E-state index in [1.165, 1.54) is 27.8 Å². The summed E-state index contributed by atoms with van der Waals surface area (Å²) in [5.74, 6) is 0.526. The van der Waals surface area contributed by atoms with Crippen LogP contribution in [0.15, 0.2) is 59.6 Å². The molecular formula is C27H33N3O3S. The number of aliphatic hydroxyl groups is 2. The summed E-state index contributed by atoms with van der Waals surface area (Å²) in [7, 11) is 0. The maximum atomic E-state index is 12.2. The first kappa shape index (κ1) is 23.3. The molecule has 0 saturated carbocycles. The molecule has 2 saturated heterocycles. The number of piperidine rings is 2. The van der Waals surface area contributed by atoms with Gasteiger partial charge in [0.25, 0.3) is 0 Å². The summed E-state index contributed by atoms with van der Waals surface area (Å²) < 4.78 is 0. The van der Waals surface area contributed by atoms with Crippen LogP contribution in [-0.2, 0) is 0 Å². The Balaban J connectivity index is 1.10. The summed E-state index contributed by atoms with van der Waals surface area (Å²) in [5.41, 5.74) is 2.22. The summed E-state index contributed by atoms with van der Waals surface area (Å²) in [6.07, 6.45) is 7.91. The van der Waals surface area contributed by atoms with Crippen LogP contribution in [0.2, 0.25) is 0 Å². The quantitative estimate of drug-likeness (QED) is 0.353. The Labute approximate surface area is 204 Å². The average molecular weight is 480 g/mol. The summed E-state index contributed by atoms with van der Waals surface area (Å²) in [6.45, 7) is 3.62. The largest absolute Gasteiger partial charge is 0.389 e. The topological polar surface area (TPSA) is 79.8 Å². The number of benzene rings is 1. The van der Waals surface area contributed by atoms with Gasteiger partial charge in [-0.3, -0.25) is 4.79 Å². The van der Waals surface area contributed by atoms with Crippen molar-refractivity contribution in [3.05, 3.63) is 70.7 Å². The van der Waals surface area contributed by atoms with Crippen LogP contribution < -0.4 is 0 Å². The molecule has 7 heteroatoms. The number of carbonyl (C=O) groups is 1. The fourth-order valence-corrected chi connectivity index (χ4v) is 5.99. The van der Waals surface area contributed by atoms with Crippen LogP contribution in [0.5, 0.6) is 0 Å². The number of fused-ring (bicyclic) bond motifs is 1. The minimum atomic E-state index is -1.07. The van der Waals surface area contributed by atoms with Crippen LogP contribution in [0.3, 0.4) is 0 Å². The number of aromatic amines is 1. The minimum Gasteiger partial charge on any atom is -0.389 e. The number of thiophene rings is 1. The number of hydrogen-bond donors (Lipinski definition) is 3. The van der Waals surface area contributed by atoms with Crippen LogP contribution in [-0.4, -0.2) is 75.2 Å². The molecular weight excluding hydrogens is 446 g/mol. The van der Waals surface area contributed by atoms with Crippen molar-refractivity contribution in [3.63, 3.8) is 0 Å². The van der Waals surface area contributed by atoms with Gasteiger partial charge in [-0.2, -0.15) is 11.3 Å². The van der Waals surface area contributed by atoms with E-state index >= 15 is 0 Å². The second-order valence-electron chi connectivity index (χ2n) is 9.71. The molecule has 180 valence electrons. The third-order valence-electron chi connectivity index (χ3n) is 7.61. The van der Waals surface area contributed by atoms with Crippen molar-refractivity contribution in [1.29, 1.82) is 0 Å². The zero-order valence-corrected chi connectivity index (χ0v) is 20.2. The van der Waals surface area contributed by atoms with E-state index in [0.29, 0.717) is 44.0 Å². The lowest BCUT2D eigenvalue weighted by Gasteiger charge is -2.43. The number of aliphatic hydroxyl groups excluding tert-OH is 1. The average Bonchev–Trinajstić information content (AvgIpc) is 3.55. The van der Waals surface area contributed by atoms with E-state index in [2.05, 4.69) is 45.2 Å². The second kappa shape index (κ2) is 10.0. The third-order valence-corrected chi connectivity index (χ3v) is 8.29. The molecule has 34 heavy (non-hydrogen) atoms. The van der Waals surface area contributed by atoms with Gasteiger partial charge in [0.1, 0.15) is 0 Å². The Kier molecular flexibility index (Phi) is 6.88.